The fourth-order valence-corrected chi connectivity index (χ4v) is 1.30. The van der Waals surface area contributed by atoms with Crippen molar-refractivity contribution in [3.05, 3.63) is 34.3 Å². The fraction of sp³-hybridized carbons (Fsp3) is 0.250. The zero-order valence-electron chi connectivity index (χ0n) is 8.54. The van der Waals surface area contributed by atoms with Gasteiger partial charge in [-0.3, -0.25) is 19.9 Å². The van der Waals surface area contributed by atoms with Crippen molar-refractivity contribution in [3.63, 3.8) is 0 Å². The van der Waals surface area contributed by atoms with Crippen LogP contribution >= 0.6 is 0 Å². The Morgan fingerprint density at radius 1 is 1.69 bits per heavy atom. The van der Waals surface area contributed by atoms with Crippen molar-refractivity contribution in [2.45, 2.75) is 6.54 Å². The van der Waals surface area contributed by atoms with Gasteiger partial charge in [-0.25, -0.2) is 0 Å². The van der Waals surface area contributed by atoms with Crippen LogP contribution in [0.5, 0.6) is 0 Å². The Morgan fingerprint density at radius 2 is 2.50 bits per heavy atom. The first kappa shape index (κ1) is 10.1. The molecule has 0 unspecified atom stereocenters. The van der Waals surface area contributed by atoms with E-state index in [-0.39, 0.29) is 5.69 Å². The van der Waals surface area contributed by atoms with E-state index in [0.29, 0.717) is 12.4 Å². The zero-order chi connectivity index (χ0) is 11.5. The van der Waals surface area contributed by atoms with Crippen LogP contribution in [0, 0.1) is 10.1 Å². The van der Waals surface area contributed by atoms with Crippen LogP contribution in [0.2, 0.25) is 0 Å². The van der Waals surface area contributed by atoms with Gasteiger partial charge in [0, 0.05) is 13.2 Å². The summed E-state index contributed by atoms with van der Waals surface area (Å²) in [6, 6.07) is 1.83. The molecular weight excluding hydrogens is 212 g/mol. The average molecular weight is 222 g/mol. The van der Waals surface area contributed by atoms with E-state index in [0.717, 1.165) is 5.69 Å². The molecule has 84 valence electrons. The quantitative estimate of drug-likeness (QED) is 0.584. The molecule has 0 bridgehead atoms. The number of rotatable bonds is 4. The molecule has 0 saturated heterocycles. The highest BCUT2D eigenvalue weighted by Crippen LogP contribution is 2.20. The second-order valence-electron chi connectivity index (χ2n) is 3.19. The molecule has 0 aromatic carbocycles. The van der Waals surface area contributed by atoms with E-state index in [1.807, 2.05) is 6.07 Å². The summed E-state index contributed by atoms with van der Waals surface area (Å²) in [6.45, 7) is 0.444. The van der Waals surface area contributed by atoms with E-state index in [2.05, 4.69) is 20.6 Å². The summed E-state index contributed by atoms with van der Waals surface area (Å²) in [4.78, 5) is 10.1. The van der Waals surface area contributed by atoms with Crippen LogP contribution < -0.4 is 5.32 Å². The number of hydrogen-bond acceptors (Lipinski definition) is 5. The van der Waals surface area contributed by atoms with Crippen molar-refractivity contribution < 1.29 is 4.92 Å². The minimum Gasteiger partial charge on any atom is -0.359 e. The first-order valence-corrected chi connectivity index (χ1v) is 4.57. The lowest BCUT2D eigenvalue weighted by Gasteiger charge is -2.03. The van der Waals surface area contributed by atoms with E-state index in [1.54, 1.807) is 17.9 Å². The first-order valence-electron chi connectivity index (χ1n) is 4.57. The van der Waals surface area contributed by atoms with Gasteiger partial charge in [0.05, 0.1) is 17.2 Å². The van der Waals surface area contributed by atoms with Gasteiger partial charge in [-0.1, -0.05) is 0 Å². The average Bonchev–Trinajstić information content (AvgIpc) is 2.83. The Kier molecular flexibility index (Phi) is 2.54. The van der Waals surface area contributed by atoms with Crippen molar-refractivity contribution in [1.29, 1.82) is 0 Å². The van der Waals surface area contributed by atoms with E-state index >= 15 is 0 Å². The lowest BCUT2D eigenvalue weighted by atomic mass is 10.4. The van der Waals surface area contributed by atoms with Crippen molar-refractivity contribution in [2.75, 3.05) is 5.32 Å². The number of aromatic nitrogens is 4. The van der Waals surface area contributed by atoms with E-state index in [9.17, 15) is 10.1 Å². The van der Waals surface area contributed by atoms with Gasteiger partial charge in [0.2, 0.25) is 5.82 Å². The first-order chi connectivity index (χ1) is 7.68. The van der Waals surface area contributed by atoms with Crippen LogP contribution in [0.3, 0.4) is 0 Å². The van der Waals surface area contributed by atoms with Gasteiger partial charge in [-0.05, 0) is 6.07 Å². The monoisotopic (exact) mass is 222 g/mol. The molecule has 0 spiro atoms. The molecule has 0 aliphatic rings. The molecular formula is C8H10N6O2. The Morgan fingerprint density at radius 3 is 3.12 bits per heavy atom. The van der Waals surface area contributed by atoms with Crippen molar-refractivity contribution in [2.24, 2.45) is 7.05 Å². The third kappa shape index (κ3) is 1.85. The smallest absolute Gasteiger partial charge is 0.330 e. The second-order valence-corrected chi connectivity index (χ2v) is 3.19. The molecule has 2 aromatic heterocycles. The van der Waals surface area contributed by atoms with Gasteiger partial charge in [0.25, 0.3) is 0 Å². The molecule has 2 N–H and O–H groups in total. The number of anilines is 1. The van der Waals surface area contributed by atoms with Gasteiger partial charge in [0.1, 0.15) is 6.20 Å². The van der Waals surface area contributed by atoms with Crippen LogP contribution in [-0.2, 0) is 13.6 Å². The largest absolute Gasteiger partial charge is 0.359 e. The molecule has 0 saturated carbocycles. The molecule has 2 heterocycles. The fourth-order valence-electron chi connectivity index (χ4n) is 1.30. The van der Waals surface area contributed by atoms with Crippen LogP contribution in [0.15, 0.2) is 18.5 Å². The summed E-state index contributed by atoms with van der Waals surface area (Å²) in [5.41, 5.74) is 0.853. The predicted molar refractivity (Wildman–Crippen MR) is 55.8 cm³/mol. The normalized spacial score (nSPS) is 10.3. The Balaban J connectivity index is 2.08. The minimum absolute atomic E-state index is 0.0674. The highest BCUT2D eigenvalue weighted by Gasteiger charge is 2.15. The molecule has 2 rings (SSSR count). The van der Waals surface area contributed by atoms with Crippen LogP contribution in [0.1, 0.15) is 5.69 Å². The number of hydrogen-bond donors (Lipinski definition) is 2. The maximum atomic E-state index is 10.6. The standard InChI is InChI=1S/C8H10N6O2/c1-13-6(2-3-11-13)4-9-8-7(14(15)16)5-10-12-8/h2-3,5H,4H2,1H3,(H2,9,10,12). The van der Waals surface area contributed by atoms with Crippen LogP contribution in [0.4, 0.5) is 11.5 Å². The summed E-state index contributed by atoms with van der Waals surface area (Å²) in [7, 11) is 1.80. The van der Waals surface area contributed by atoms with Crippen molar-refractivity contribution in [1.82, 2.24) is 20.0 Å². The number of aryl methyl sites for hydroxylation is 1. The minimum atomic E-state index is -0.491. The lowest BCUT2D eigenvalue weighted by Crippen LogP contribution is -2.06. The van der Waals surface area contributed by atoms with E-state index in [4.69, 9.17) is 0 Å². The number of H-pyrrole nitrogens is 1. The van der Waals surface area contributed by atoms with E-state index in [1.165, 1.54) is 6.20 Å². The summed E-state index contributed by atoms with van der Waals surface area (Å²) >= 11 is 0. The number of nitro groups is 1. The van der Waals surface area contributed by atoms with Crippen molar-refractivity contribution >= 4 is 11.5 Å². The molecule has 0 fully saturated rings. The molecule has 0 aliphatic heterocycles. The topological polar surface area (TPSA) is 102 Å². The summed E-state index contributed by atoms with van der Waals surface area (Å²) < 4.78 is 1.69. The highest BCUT2D eigenvalue weighted by atomic mass is 16.6. The third-order valence-electron chi connectivity index (χ3n) is 2.18. The number of nitrogens with one attached hydrogen (secondary N) is 2. The maximum Gasteiger partial charge on any atom is 0.330 e. The summed E-state index contributed by atoms with van der Waals surface area (Å²) in [5, 5.41) is 23.6. The molecule has 16 heavy (non-hydrogen) atoms. The van der Waals surface area contributed by atoms with Crippen molar-refractivity contribution in [3.8, 4) is 0 Å². The van der Waals surface area contributed by atoms with Crippen LogP contribution in [-0.4, -0.2) is 24.9 Å². The maximum absolute atomic E-state index is 10.6. The van der Waals surface area contributed by atoms with Gasteiger partial charge in [-0.15, -0.1) is 0 Å². The SMILES string of the molecule is Cn1nccc1CNc1[nH]ncc1[N+](=O)[O-]. The Hall–Kier alpha value is -2.38. The number of aromatic amines is 1. The van der Waals surface area contributed by atoms with Gasteiger partial charge < -0.3 is 5.32 Å². The molecule has 0 radical (unpaired) electrons. The number of nitrogens with zero attached hydrogens (tertiary/aromatic N) is 4. The summed E-state index contributed by atoms with van der Waals surface area (Å²) in [6.07, 6.45) is 2.84. The molecule has 2 aromatic rings. The molecule has 0 atom stereocenters. The highest BCUT2D eigenvalue weighted by molar-refractivity contribution is 5.54. The Bertz CT molecular complexity index is 502. The van der Waals surface area contributed by atoms with Gasteiger partial charge >= 0.3 is 5.69 Å². The molecule has 8 nitrogen and oxygen atoms in total. The third-order valence-corrected chi connectivity index (χ3v) is 2.18. The lowest BCUT2D eigenvalue weighted by molar-refractivity contribution is -0.384. The molecule has 0 amide bonds. The van der Waals surface area contributed by atoms with Gasteiger partial charge in [-0.2, -0.15) is 10.2 Å². The van der Waals surface area contributed by atoms with Crippen LogP contribution in [0.25, 0.3) is 0 Å². The molecule has 8 heteroatoms. The Labute approximate surface area is 90.4 Å². The predicted octanol–water partition coefficient (Wildman–Crippen LogP) is 0.663. The van der Waals surface area contributed by atoms with Gasteiger partial charge in [0.15, 0.2) is 0 Å². The summed E-state index contributed by atoms with van der Waals surface area (Å²) in [5.74, 6) is 0.297. The molecule has 0 aliphatic carbocycles. The zero-order valence-corrected chi connectivity index (χ0v) is 8.54. The second kappa shape index (κ2) is 4.01. The van der Waals surface area contributed by atoms with E-state index < -0.39 is 4.92 Å².